The molecule has 7 nitrogen and oxygen atoms in total. The maximum absolute atomic E-state index is 11.8. The molecular formula is C10H19NO6S2. The molecule has 1 rings (SSSR count). The van der Waals surface area contributed by atoms with Crippen LogP contribution in [0.15, 0.2) is 0 Å². The molecule has 0 aromatic rings. The minimum Gasteiger partial charge on any atom is -0.466 e. The number of sulfonamides is 1. The van der Waals surface area contributed by atoms with Crippen molar-refractivity contribution in [3.63, 3.8) is 0 Å². The third kappa shape index (κ3) is 5.45. The highest BCUT2D eigenvalue weighted by molar-refractivity contribution is 7.95. The Labute approximate surface area is 113 Å². The number of nitrogens with one attached hydrogen (secondary N) is 1. The van der Waals surface area contributed by atoms with Crippen molar-refractivity contribution in [1.29, 1.82) is 0 Å². The highest BCUT2D eigenvalue weighted by Crippen LogP contribution is 2.18. The molecule has 1 heterocycles. The second-order valence-electron chi connectivity index (χ2n) is 4.37. The van der Waals surface area contributed by atoms with E-state index < -0.39 is 25.1 Å². The number of hydrogen-bond acceptors (Lipinski definition) is 6. The predicted octanol–water partition coefficient (Wildman–Crippen LogP) is -0.564. The van der Waals surface area contributed by atoms with Crippen molar-refractivity contribution in [2.75, 3.05) is 24.7 Å². The van der Waals surface area contributed by atoms with Gasteiger partial charge in [-0.15, -0.1) is 0 Å². The van der Waals surface area contributed by atoms with Crippen LogP contribution < -0.4 is 4.72 Å². The zero-order valence-corrected chi connectivity index (χ0v) is 12.4. The van der Waals surface area contributed by atoms with Crippen molar-refractivity contribution < 1.29 is 26.4 Å². The smallest absolute Gasteiger partial charge is 0.305 e. The topological polar surface area (TPSA) is 107 Å². The van der Waals surface area contributed by atoms with E-state index in [0.717, 1.165) is 0 Å². The quantitative estimate of drug-likeness (QED) is 0.498. The average Bonchev–Trinajstić information content (AvgIpc) is 2.66. The molecule has 9 heteroatoms. The second-order valence-corrected chi connectivity index (χ2v) is 8.65. The summed E-state index contributed by atoms with van der Waals surface area (Å²) < 4.78 is 53.1. The second kappa shape index (κ2) is 6.67. The standard InChI is InChI=1S/C10H19NO6S2/c1-2-17-10(12)4-3-6-11-19(15,16)9-5-7-18(13,14)8-9/h9,11H,2-8H2,1H3. The van der Waals surface area contributed by atoms with Gasteiger partial charge in [0, 0.05) is 13.0 Å². The van der Waals surface area contributed by atoms with Gasteiger partial charge in [-0.05, 0) is 19.8 Å². The average molecular weight is 313 g/mol. The molecular weight excluding hydrogens is 294 g/mol. The molecule has 1 N–H and O–H groups in total. The molecule has 0 amide bonds. The van der Waals surface area contributed by atoms with Gasteiger partial charge in [0.15, 0.2) is 9.84 Å². The Morgan fingerprint density at radius 1 is 1.42 bits per heavy atom. The summed E-state index contributed by atoms with van der Waals surface area (Å²) in [6.45, 7) is 2.10. The number of esters is 1. The van der Waals surface area contributed by atoms with Crippen LogP contribution in [0, 0.1) is 0 Å². The van der Waals surface area contributed by atoms with E-state index in [0.29, 0.717) is 13.0 Å². The largest absolute Gasteiger partial charge is 0.466 e. The molecule has 0 aliphatic carbocycles. The number of rotatable bonds is 7. The molecule has 0 spiro atoms. The van der Waals surface area contributed by atoms with Gasteiger partial charge in [0.2, 0.25) is 10.0 Å². The monoisotopic (exact) mass is 313 g/mol. The molecule has 0 radical (unpaired) electrons. The minimum atomic E-state index is -3.62. The highest BCUT2D eigenvalue weighted by Gasteiger charge is 2.36. The summed E-state index contributed by atoms with van der Waals surface area (Å²) >= 11 is 0. The highest BCUT2D eigenvalue weighted by atomic mass is 32.2. The Kier molecular flexibility index (Phi) is 5.75. The molecule has 1 saturated heterocycles. The predicted molar refractivity (Wildman–Crippen MR) is 69.8 cm³/mol. The molecule has 0 saturated carbocycles. The fourth-order valence-electron chi connectivity index (χ4n) is 1.80. The van der Waals surface area contributed by atoms with Crippen molar-refractivity contribution in [3.05, 3.63) is 0 Å². The molecule has 19 heavy (non-hydrogen) atoms. The van der Waals surface area contributed by atoms with Crippen LogP contribution in [0.25, 0.3) is 0 Å². The Morgan fingerprint density at radius 3 is 2.63 bits per heavy atom. The number of sulfone groups is 1. The van der Waals surface area contributed by atoms with E-state index >= 15 is 0 Å². The first kappa shape index (κ1) is 16.4. The van der Waals surface area contributed by atoms with Crippen LogP contribution in [-0.2, 0) is 29.4 Å². The maximum atomic E-state index is 11.8. The normalized spacial score (nSPS) is 22.3. The lowest BCUT2D eigenvalue weighted by atomic mass is 10.3. The summed E-state index contributed by atoms with van der Waals surface area (Å²) in [5.74, 6) is -0.771. The van der Waals surface area contributed by atoms with E-state index in [4.69, 9.17) is 4.74 Å². The molecule has 0 aromatic heterocycles. The Morgan fingerprint density at radius 2 is 2.11 bits per heavy atom. The summed E-state index contributed by atoms with van der Waals surface area (Å²) in [4.78, 5) is 11.0. The van der Waals surface area contributed by atoms with Gasteiger partial charge in [-0.1, -0.05) is 0 Å². The van der Waals surface area contributed by atoms with Gasteiger partial charge in [-0.25, -0.2) is 21.6 Å². The van der Waals surface area contributed by atoms with Crippen LogP contribution in [0.5, 0.6) is 0 Å². The van der Waals surface area contributed by atoms with Crippen LogP contribution in [0.1, 0.15) is 26.2 Å². The SMILES string of the molecule is CCOC(=O)CCCNS(=O)(=O)C1CCS(=O)(=O)C1. The molecule has 1 fully saturated rings. The van der Waals surface area contributed by atoms with E-state index in [1.807, 2.05) is 0 Å². The number of ether oxygens (including phenoxy) is 1. The lowest BCUT2D eigenvalue weighted by Crippen LogP contribution is -2.35. The lowest BCUT2D eigenvalue weighted by Gasteiger charge is -2.11. The summed E-state index contributed by atoms with van der Waals surface area (Å²) in [6, 6.07) is 0. The van der Waals surface area contributed by atoms with Gasteiger partial charge in [0.05, 0.1) is 23.4 Å². The molecule has 1 aliphatic heterocycles. The summed E-state index contributed by atoms with van der Waals surface area (Å²) in [5, 5.41) is -0.875. The van der Waals surface area contributed by atoms with Gasteiger partial charge in [-0.3, -0.25) is 4.79 Å². The van der Waals surface area contributed by atoms with Crippen LogP contribution in [-0.4, -0.2) is 52.7 Å². The number of carbonyl (C=O) groups excluding carboxylic acids is 1. The lowest BCUT2D eigenvalue weighted by molar-refractivity contribution is -0.143. The minimum absolute atomic E-state index is 0.0819. The molecule has 1 unspecified atom stereocenters. The van der Waals surface area contributed by atoms with E-state index in [9.17, 15) is 21.6 Å². The zero-order chi connectivity index (χ0) is 14.5. The van der Waals surface area contributed by atoms with Gasteiger partial charge < -0.3 is 4.74 Å². The number of hydrogen-bond donors (Lipinski definition) is 1. The van der Waals surface area contributed by atoms with Crippen molar-refractivity contribution in [2.24, 2.45) is 0 Å². The Hall–Kier alpha value is -0.670. The molecule has 0 bridgehead atoms. The third-order valence-corrected chi connectivity index (χ3v) is 6.66. The van der Waals surface area contributed by atoms with Crippen molar-refractivity contribution >= 4 is 25.8 Å². The maximum Gasteiger partial charge on any atom is 0.305 e. The zero-order valence-electron chi connectivity index (χ0n) is 10.8. The van der Waals surface area contributed by atoms with Crippen LogP contribution >= 0.6 is 0 Å². The first-order valence-electron chi connectivity index (χ1n) is 6.11. The fraction of sp³-hybridized carbons (Fsp3) is 0.900. The Balaban J connectivity index is 2.34. The van der Waals surface area contributed by atoms with Crippen LogP contribution in [0.2, 0.25) is 0 Å². The fourth-order valence-corrected chi connectivity index (χ4v) is 5.93. The van der Waals surface area contributed by atoms with E-state index in [2.05, 4.69) is 4.72 Å². The summed E-state index contributed by atoms with van der Waals surface area (Å²) in [6.07, 6.45) is 0.604. The Bertz CT molecular complexity index is 510. The molecule has 1 aliphatic rings. The van der Waals surface area contributed by atoms with Crippen molar-refractivity contribution in [3.8, 4) is 0 Å². The molecule has 0 aromatic carbocycles. The van der Waals surface area contributed by atoms with E-state index in [-0.39, 0.29) is 36.9 Å². The third-order valence-electron chi connectivity index (χ3n) is 2.80. The van der Waals surface area contributed by atoms with Crippen molar-refractivity contribution in [2.45, 2.75) is 31.4 Å². The van der Waals surface area contributed by atoms with Crippen molar-refractivity contribution in [1.82, 2.24) is 4.72 Å². The summed E-state index contributed by atoms with van der Waals surface area (Å²) in [7, 11) is -6.85. The van der Waals surface area contributed by atoms with Gasteiger partial charge >= 0.3 is 5.97 Å². The van der Waals surface area contributed by atoms with Gasteiger partial charge in [0.25, 0.3) is 0 Å². The first-order chi connectivity index (χ1) is 8.77. The summed E-state index contributed by atoms with van der Waals surface area (Å²) in [5.41, 5.74) is 0. The molecule has 1 atom stereocenters. The van der Waals surface area contributed by atoms with E-state index in [1.165, 1.54) is 0 Å². The van der Waals surface area contributed by atoms with Gasteiger partial charge in [-0.2, -0.15) is 0 Å². The number of carbonyl (C=O) groups is 1. The first-order valence-corrected chi connectivity index (χ1v) is 9.48. The van der Waals surface area contributed by atoms with Gasteiger partial charge in [0.1, 0.15) is 0 Å². The van der Waals surface area contributed by atoms with Crippen LogP contribution in [0.3, 0.4) is 0 Å². The molecule has 112 valence electrons. The van der Waals surface area contributed by atoms with E-state index in [1.54, 1.807) is 6.92 Å². The van der Waals surface area contributed by atoms with Crippen LogP contribution in [0.4, 0.5) is 0 Å².